The Hall–Kier alpha value is -0.860. The van der Waals surface area contributed by atoms with E-state index >= 15 is 0 Å². The van der Waals surface area contributed by atoms with Crippen LogP contribution in [-0.2, 0) is 9.59 Å². The lowest BCUT2D eigenvalue weighted by Crippen LogP contribution is -2.04. The van der Waals surface area contributed by atoms with Gasteiger partial charge in [0.2, 0.25) is 0 Å². The third-order valence-corrected chi connectivity index (χ3v) is 1.76. The first-order valence-corrected chi connectivity index (χ1v) is 3.61. The summed E-state index contributed by atoms with van der Waals surface area (Å²) in [5.41, 5.74) is 0.317. The van der Waals surface area contributed by atoms with Crippen molar-refractivity contribution in [1.29, 1.82) is 0 Å². The van der Waals surface area contributed by atoms with Crippen LogP contribution in [0.15, 0.2) is 0 Å². The molecule has 0 unspecified atom stereocenters. The topological polar surface area (TPSA) is 54.4 Å². The van der Waals surface area contributed by atoms with Gasteiger partial charge in [-0.1, -0.05) is 13.8 Å². The van der Waals surface area contributed by atoms with Crippen LogP contribution < -0.4 is 0 Å². The maximum absolute atomic E-state index is 10.7. The first-order valence-electron chi connectivity index (χ1n) is 3.61. The van der Waals surface area contributed by atoms with Gasteiger partial charge in [-0.05, 0) is 11.8 Å². The fourth-order valence-electron chi connectivity index (χ4n) is 1.19. The Morgan fingerprint density at radius 2 is 2.00 bits per heavy atom. The lowest BCUT2D eigenvalue weighted by atomic mass is 9.92. The molecule has 0 spiro atoms. The molecule has 0 aromatic carbocycles. The molecule has 64 valence electrons. The second-order valence-electron chi connectivity index (χ2n) is 3.49. The second-order valence-corrected chi connectivity index (χ2v) is 3.49. The molecule has 1 aliphatic carbocycles. The Labute approximate surface area is 66.4 Å². The van der Waals surface area contributed by atoms with Crippen LogP contribution in [0.3, 0.4) is 0 Å². The number of carbonyl (C=O) groups is 2. The molecule has 0 aromatic rings. The van der Waals surface area contributed by atoms with E-state index in [1.807, 2.05) is 0 Å². The van der Waals surface area contributed by atoms with E-state index in [1.165, 1.54) is 0 Å². The standard InChI is InChI=1S/C7H12O.CH2O2/c1-7(2)4-3-6(8)5-7;2-1-3/h3-5H2,1-2H3;1H,(H,2,3). The summed E-state index contributed by atoms with van der Waals surface area (Å²) in [5, 5.41) is 6.89. The molecule has 0 bridgehead atoms. The minimum absolute atomic E-state index is 0.250. The van der Waals surface area contributed by atoms with Crippen molar-refractivity contribution in [1.82, 2.24) is 0 Å². The van der Waals surface area contributed by atoms with Gasteiger partial charge in [0, 0.05) is 12.8 Å². The van der Waals surface area contributed by atoms with Crippen molar-refractivity contribution in [3.63, 3.8) is 0 Å². The maximum Gasteiger partial charge on any atom is 0.290 e. The lowest BCUT2D eigenvalue weighted by Gasteiger charge is -2.12. The van der Waals surface area contributed by atoms with Crippen LogP contribution >= 0.6 is 0 Å². The predicted molar refractivity (Wildman–Crippen MR) is 41.3 cm³/mol. The summed E-state index contributed by atoms with van der Waals surface area (Å²) in [5.74, 6) is 0.440. The zero-order valence-electron chi connectivity index (χ0n) is 6.96. The van der Waals surface area contributed by atoms with Gasteiger partial charge in [-0.15, -0.1) is 0 Å². The van der Waals surface area contributed by atoms with Crippen LogP contribution in [0.1, 0.15) is 33.1 Å². The molecule has 1 rings (SSSR count). The zero-order valence-corrected chi connectivity index (χ0v) is 6.96. The number of rotatable bonds is 0. The first-order chi connectivity index (χ1) is 5.02. The lowest BCUT2D eigenvalue weighted by molar-refractivity contribution is -0.123. The van der Waals surface area contributed by atoms with Gasteiger partial charge in [-0.3, -0.25) is 9.59 Å². The van der Waals surface area contributed by atoms with E-state index in [0.717, 1.165) is 19.3 Å². The smallest absolute Gasteiger partial charge is 0.290 e. The molecule has 1 aliphatic rings. The number of carboxylic acid groups (broad SMARTS) is 1. The van der Waals surface area contributed by atoms with Crippen LogP contribution in [0.25, 0.3) is 0 Å². The summed E-state index contributed by atoms with van der Waals surface area (Å²) >= 11 is 0. The van der Waals surface area contributed by atoms with E-state index in [9.17, 15) is 4.79 Å². The van der Waals surface area contributed by atoms with Crippen molar-refractivity contribution in [2.24, 2.45) is 5.41 Å². The summed E-state index contributed by atoms with van der Waals surface area (Å²) in [6.45, 7) is 4.05. The van der Waals surface area contributed by atoms with Gasteiger partial charge in [-0.25, -0.2) is 0 Å². The van der Waals surface area contributed by atoms with Crippen LogP contribution in [0, 0.1) is 5.41 Å². The molecule has 0 amide bonds. The van der Waals surface area contributed by atoms with Crippen LogP contribution in [0.2, 0.25) is 0 Å². The number of hydrogen-bond acceptors (Lipinski definition) is 2. The molecule has 3 heteroatoms. The minimum atomic E-state index is -0.250. The molecule has 0 heterocycles. The van der Waals surface area contributed by atoms with Crippen molar-refractivity contribution < 1.29 is 14.7 Å². The quantitative estimate of drug-likeness (QED) is 0.543. The molecule has 0 aliphatic heterocycles. The molecule has 0 radical (unpaired) electrons. The Balaban J connectivity index is 0.000000292. The third-order valence-electron chi connectivity index (χ3n) is 1.76. The van der Waals surface area contributed by atoms with Gasteiger partial charge in [0.15, 0.2) is 0 Å². The van der Waals surface area contributed by atoms with Crippen molar-refractivity contribution in [2.75, 3.05) is 0 Å². The SMILES string of the molecule is CC1(C)CCC(=O)C1.O=CO. The van der Waals surface area contributed by atoms with E-state index in [4.69, 9.17) is 9.90 Å². The average Bonchev–Trinajstić information content (AvgIpc) is 2.11. The third kappa shape index (κ3) is 4.53. The van der Waals surface area contributed by atoms with E-state index in [0.29, 0.717) is 11.2 Å². The van der Waals surface area contributed by atoms with Gasteiger partial charge < -0.3 is 5.11 Å². The summed E-state index contributed by atoms with van der Waals surface area (Å²) in [4.78, 5) is 19.0. The Bertz CT molecular complexity index is 149. The molecule has 0 aromatic heterocycles. The van der Waals surface area contributed by atoms with Gasteiger partial charge in [-0.2, -0.15) is 0 Å². The summed E-state index contributed by atoms with van der Waals surface area (Å²) < 4.78 is 0. The normalized spacial score (nSPS) is 20.4. The summed E-state index contributed by atoms with van der Waals surface area (Å²) in [6.07, 6.45) is 2.70. The van der Waals surface area contributed by atoms with E-state index < -0.39 is 0 Å². The highest BCUT2D eigenvalue weighted by atomic mass is 16.3. The maximum atomic E-state index is 10.7. The second kappa shape index (κ2) is 4.11. The minimum Gasteiger partial charge on any atom is -0.483 e. The summed E-state index contributed by atoms with van der Waals surface area (Å²) in [6, 6.07) is 0. The molecule has 1 N–H and O–H groups in total. The fraction of sp³-hybridized carbons (Fsp3) is 0.750. The van der Waals surface area contributed by atoms with Crippen molar-refractivity contribution in [2.45, 2.75) is 33.1 Å². The van der Waals surface area contributed by atoms with Gasteiger partial charge >= 0.3 is 0 Å². The summed E-state index contributed by atoms with van der Waals surface area (Å²) in [7, 11) is 0. The van der Waals surface area contributed by atoms with Crippen molar-refractivity contribution in [3.8, 4) is 0 Å². The zero-order chi connectivity index (χ0) is 8.91. The average molecular weight is 158 g/mol. The molecule has 0 saturated heterocycles. The van der Waals surface area contributed by atoms with Crippen LogP contribution in [0.4, 0.5) is 0 Å². The molecular weight excluding hydrogens is 144 g/mol. The highest BCUT2D eigenvalue weighted by Crippen LogP contribution is 2.33. The Kier molecular flexibility index (Phi) is 3.79. The van der Waals surface area contributed by atoms with E-state index in [1.54, 1.807) is 0 Å². The molecular formula is C8H14O3. The monoisotopic (exact) mass is 158 g/mol. The van der Waals surface area contributed by atoms with E-state index in [2.05, 4.69) is 13.8 Å². The molecule has 0 atom stereocenters. The van der Waals surface area contributed by atoms with Gasteiger partial charge in [0.25, 0.3) is 6.47 Å². The number of hydrogen-bond donors (Lipinski definition) is 1. The molecule has 1 fully saturated rings. The largest absolute Gasteiger partial charge is 0.483 e. The molecule has 1 saturated carbocycles. The highest BCUT2D eigenvalue weighted by molar-refractivity contribution is 5.81. The number of Topliss-reactive ketones (excluding diaryl/α,β-unsaturated/α-hetero) is 1. The fourth-order valence-corrected chi connectivity index (χ4v) is 1.19. The van der Waals surface area contributed by atoms with Crippen molar-refractivity contribution >= 4 is 12.3 Å². The van der Waals surface area contributed by atoms with Crippen LogP contribution in [-0.4, -0.2) is 17.4 Å². The highest BCUT2D eigenvalue weighted by Gasteiger charge is 2.28. The number of carbonyl (C=O) groups excluding carboxylic acids is 1. The van der Waals surface area contributed by atoms with Gasteiger partial charge in [0.1, 0.15) is 5.78 Å². The first kappa shape index (κ1) is 10.1. The van der Waals surface area contributed by atoms with E-state index in [-0.39, 0.29) is 6.47 Å². The molecule has 11 heavy (non-hydrogen) atoms. The van der Waals surface area contributed by atoms with Crippen molar-refractivity contribution in [3.05, 3.63) is 0 Å². The predicted octanol–water partition coefficient (Wildman–Crippen LogP) is 1.47. The van der Waals surface area contributed by atoms with Crippen LogP contribution in [0.5, 0.6) is 0 Å². The number of ketones is 1. The van der Waals surface area contributed by atoms with Gasteiger partial charge in [0.05, 0.1) is 0 Å². The Morgan fingerprint density at radius 3 is 2.09 bits per heavy atom. The molecule has 3 nitrogen and oxygen atoms in total. The Morgan fingerprint density at radius 1 is 1.55 bits per heavy atom.